The Balaban J connectivity index is 1.38. The lowest BCUT2D eigenvalue weighted by Crippen LogP contribution is -2.55. The van der Waals surface area contributed by atoms with Crippen LogP contribution in [-0.2, 0) is 4.79 Å². The first-order valence-electron chi connectivity index (χ1n) is 14.9. The van der Waals surface area contributed by atoms with Crippen molar-refractivity contribution in [3.05, 3.63) is 87.5 Å². The van der Waals surface area contributed by atoms with Gasteiger partial charge in [0.15, 0.2) is 5.78 Å². The number of benzene rings is 2. The molecule has 5 atom stereocenters. The van der Waals surface area contributed by atoms with Gasteiger partial charge in [0.2, 0.25) is 0 Å². The van der Waals surface area contributed by atoms with Crippen LogP contribution in [0, 0.1) is 17.3 Å². The number of aliphatic hydroxyl groups is 1. The first kappa shape index (κ1) is 31.0. The zero-order valence-electron chi connectivity index (χ0n) is 24.1. The van der Waals surface area contributed by atoms with Crippen LogP contribution in [0.5, 0.6) is 0 Å². The zero-order chi connectivity index (χ0) is 31.7. The molecule has 234 valence electrons. The Bertz CT molecular complexity index is 1550. The predicted octanol–water partition coefficient (Wildman–Crippen LogP) is 8.81. The van der Waals surface area contributed by atoms with Gasteiger partial charge in [0.25, 0.3) is 5.91 Å². The first-order chi connectivity index (χ1) is 20.6. The molecule has 2 fully saturated rings. The highest BCUT2D eigenvalue weighted by molar-refractivity contribution is 6.30. The van der Waals surface area contributed by atoms with Crippen molar-refractivity contribution in [2.45, 2.75) is 81.9 Å². The SMILES string of the molecule is CC12C[C@H](c3ccc(C(=O)Nc4ccc(Cl)cc4)cc3)C3=C4CCC(=O)C=C4CCC3[C@@H]1CCC2(O)CC(F)(F)C(F)(F)F. The normalized spacial score (nSPS) is 30.3. The summed E-state index contributed by atoms with van der Waals surface area (Å²) < 4.78 is 69.0. The number of hydrogen-bond acceptors (Lipinski definition) is 3. The molecule has 2 aromatic carbocycles. The van der Waals surface area contributed by atoms with Gasteiger partial charge in [-0.2, -0.15) is 22.0 Å². The van der Waals surface area contributed by atoms with Gasteiger partial charge in [-0.05, 0) is 110 Å². The van der Waals surface area contributed by atoms with Gasteiger partial charge < -0.3 is 10.4 Å². The molecule has 0 heterocycles. The minimum Gasteiger partial charge on any atom is -0.389 e. The molecule has 3 unspecified atom stereocenters. The molecule has 0 aliphatic heterocycles. The summed E-state index contributed by atoms with van der Waals surface area (Å²) in [5.74, 6) is -6.10. The molecule has 4 aliphatic carbocycles. The van der Waals surface area contributed by atoms with Gasteiger partial charge in [-0.3, -0.25) is 9.59 Å². The van der Waals surface area contributed by atoms with Crippen molar-refractivity contribution < 1.29 is 36.6 Å². The summed E-state index contributed by atoms with van der Waals surface area (Å²) in [6.07, 6.45) is -3.22. The second-order valence-electron chi connectivity index (χ2n) is 13.0. The molecule has 0 spiro atoms. The smallest absolute Gasteiger partial charge is 0.389 e. The van der Waals surface area contributed by atoms with Crippen LogP contribution in [0.4, 0.5) is 27.6 Å². The van der Waals surface area contributed by atoms with Gasteiger partial charge in [0.1, 0.15) is 0 Å². The number of fused-ring (bicyclic) bond motifs is 4. The molecule has 1 amide bonds. The number of carbonyl (C=O) groups is 2. The Morgan fingerprint density at radius 3 is 2.34 bits per heavy atom. The van der Waals surface area contributed by atoms with E-state index in [1.165, 1.54) is 0 Å². The summed E-state index contributed by atoms with van der Waals surface area (Å²) in [7, 11) is 0. The highest BCUT2D eigenvalue weighted by atomic mass is 35.5. The third-order valence-electron chi connectivity index (χ3n) is 10.7. The maximum absolute atomic E-state index is 14.5. The van der Waals surface area contributed by atoms with E-state index in [9.17, 15) is 36.6 Å². The third-order valence-corrected chi connectivity index (χ3v) is 10.9. The van der Waals surface area contributed by atoms with Crippen LogP contribution in [0.25, 0.3) is 0 Å². The number of ketones is 1. The van der Waals surface area contributed by atoms with E-state index in [1.54, 1.807) is 61.5 Å². The average molecular weight is 634 g/mol. The second-order valence-corrected chi connectivity index (χ2v) is 13.5. The largest absolute Gasteiger partial charge is 0.453 e. The minimum atomic E-state index is -5.76. The molecule has 0 radical (unpaired) electrons. The fraction of sp³-hybridized carbons (Fsp3) is 0.471. The van der Waals surface area contributed by atoms with Crippen molar-refractivity contribution in [3.8, 4) is 0 Å². The second kappa shape index (κ2) is 10.8. The molecule has 10 heteroatoms. The average Bonchev–Trinajstić information content (AvgIpc) is 3.22. The molecular formula is C34H33ClF5NO3. The van der Waals surface area contributed by atoms with E-state index in [-0.39, 0.29) is 42.3 Å². The van der Waals surface area contributed by atoms with Crippen molar-refractivity contribution in [1.82, 2.24) is 0 Å². The molecule has 2 N–H and O–H groups in total. The lowest BCUT2D eigenvalue weighted by Gasteiger charge is -2.55. The van der Waals surface area contributed by atoms with Gasteiger partial charge in [0, 0.05) is 34.0 Å². The van der Waals surface area contributed by atoms with E-state index >= 15 is 0 Å². The van der Waals surface area contributed by atoms with Crippen LogP contribution in [0.15, 0.2) is 71.3 Å². The zero-order valence-corrected chi connectivity index (χ0v) is 24.9. The number of rotatable bonds is 5. The Hall–Kier alpha value is -3.04. The topological polar surface area (TPSA) is 66.4 Å². The van der Waals surface area contributed by atoms with E-state index in [0.29, 0.717) is 48.4 Å². The van der Waals surface area contributed by atoms with E-state index in [2.05, 4.69) is 5.32 Å². The van der Waals surface area contributed by atoms with E-state index in [0.717, 1.165) is 22.3 Å². The van der Waals surface area contributed by atoms with Gasteiger partial charge in [-0.1, -0.05) is 36.2 Å². The van der Waals surface area contributed by atoms with Crippen LogP contribution in [0.1, 0.15) is 80.1 Å². The van der Waals surface area contributed by atoms with Crippen molar-refractivity contribution in [1.29, 1.82) is 0 Å². The van der Waals surface area contributed by atoms with Crippen LogP contribution in [-0.4, -0.2) is 34.5 Å². The number of nitrogens with one attached hydrogen (secondary N) is 1. The Labute approximate surface area is 257 Å². The highest BCUT2D eigenvalue weighted by Crippen LogP contribution is 2.68. The van der Waals surface area contributed by atoms with Crippen LogP contribution >= 0.6 is 11.6 Å². The number of hydrogen-bond donors (Lipinski definition) is 2. The summed E-state index contributed by atoms with van der Waals surface area (Å²) in [6.45, 7) is 1.68. The molecule has 6 rings (SSSR count). The molecule has 2 aromatic rings. The molecule has 0 saturated heterocycles. The maximum atomic E-state index is 14.5. The first-order valence-corrected chi connectivity index (χ1v) is 15.3. The number of halogens is 6. The number of amides is 1. The maximum Gasteiger partial charge on any atom is 0.453 e. The summed E-state index contributed by atoms with van der Waals surface area (Å²) in [5.41, 5.74) is 1.45. The Kier molecular flexibility index (Phi) is 7.60. The summed E-state index contributed by atoms with van der Waals surface area (Å²) in [4.78, 5) is 25.2. The molecular weight excluding hydrogens is 601 g/mol. The number of alkyl halides is 5. The van der Waals surface area contributed by atoms with Gasteiger partial charge in [0.05, 0.1) is 12.0 Å². The minimum absolute atomic E-state index is 0.0562. The Morgan fingerprint density at radius 2 is 1.68 bits per heavy atom. The summed E-state index contributed by atoms with van der Waals surface area (Å²) in [5, 5.41) is 15.1. The van der Waals surface area contributed by atoms with Crippen LogP contribution < -0.4 is 5.32 Å². The number of anilines is 1. The third kappa shape index (κ3) is 5.19. The standard InChI is InChI=1S/C34H33ClF5NO3/c1-31-17-27(19-2-4-20(5-3-19)30(43)41-23-9-7-22(35)8-10-23)29-25-13-11-24(42)16-21(25)6-12-26(29)28(31)14-15-32(31,44)18-33(36,37)34(38,39)40/h2-5,7-10,16,26-28,44H,6,11-15,17-18H2,1H3,(H,41,43)/t26?,27-,28+,31?,32?/m1/s1. The molecule has 0 bridgehead atoms. The Morgan fingerprint density at radius 1 is 1.00 bits per heavy atom. The van der Waals surface area contributed by atoms with Crippen LogP contribution in [0.3, 0.4) is 0 Å². The molecule has 4 aliphatic rings. The molecule has 0 aromatic heterocycles. The summed E-state index contributed by atoms with van der Waals surface area (Å²) in [6, 6.07) is 13.6. The van der Waals surface area contributed by atoms with E-state index in [4.69, 9.17) is 11.6 Å². The lowest BCUT2D eigenvalue weighted by molar-refractivity contribution is -0.303. The van der Waals surface area contributed by atoms with Crippen LogP contribution in [0.2, 0.25) is 5.02 Å². The molecule has 2 saturated carbocycles. The van der Waals surface area contributed by atoms with E-state index in [1.807, 2.05) is 0 Å². The lowest BCUT2D eigenvalue weighted by atomic mass is 9.50. The molecule has 4 nitrogen and oxygen atoms in total. The molecule has 44 heavy (non-hydrogen) atoms. The van der Waals surface area contributed by atoms with Crippen molar-refractivity contribution in [3.63, 3.8) is 0 Å². The van der Waals surface area contributed by atoms with Crippen molar-refractivity contribution >= 4 is 29.0 Å². The van der Waals surface area contributed by atoms with Crippen molar-refractivity contribution in [2.75, 3.05) is 5.32 Å². The number of carbonyl (C=O) groups excluding carboxylic acids is 2. The number of allylic oxidation sites excluding steroid dienone is 4. The highest BCUT2D eigenvalue weighted by Gasteiger charge is 2.69. The summed E-state index contributed by atoms with van der Waals surface area (Å²) >= 11 is 5.93. The van der Waals surface area contributed by atoms with Crippen molar-refractivity contribution in [2.24, 2.45) is 17.3 Å². The van der Waals surface area contributed by atoms with Gasteiger partial charge >= 0.3 is 12.1 Å². The van der Waals surface area contributed by atoms with Gasteiger partial charge in [-0.25, -0.2) is 0 Å². The predicted molar refractivity (Wildman–Crippen MR) is 157 cm³/mol. The van der Waals surface area contributed by atoms with Gasteiger partial charge in [-0.15, -0.1) is 0 Å². The monoisotopic (exact) mass is 633 g/mol. The quantitative estimate of drug-likeness (QED) is 0.324. The fourth-order valence-electron chi connectivity index (χ4n) is 8.41. The fourth-order valence-corrected chi connectivity index (χ4v) is 8.54. The van der Waals surface area contributed by atoms with E-state index < -0.39 is 29.5 Å².